The van der Waals surface area contributed by atoms with Gasteiger partial charge < -0.3 is 19.6 Å². The number of nitrogens with zero attached hydrogens (tertiary/aromatic N) is 1. The molecule has 132 valence electrons. The average Bonchev–Trinajstić information content (AvgIpc) is 2.56. The molecule has 25 heavy (non-hydrogen) atoms. The van der Waals surface area contributed by atoms with E-state index < -0.39 is 5.91 Å². The van der Waals surface area contributed by atoms with Crippen molar-refractivity contribution in [2.75, 3.05) is 7.11 Å². The number of amides is 1. The van der Waals surface area contributed by atoms with E-state index >= 15 is 0 Å². The molecule has 1 aliphatic carbocycles. The van der Waals surface area contributed by atoms with E-state index in [0.29, 0.717) is 24.5 Å². The highest BCUT2D eigenvalue weighted by atomic mass is 16.5. The molecule has 1 fully saturated rings. The first-order valence-corrected chi connectivity index (χ1v) is 8.07. The Bertz CT molecular complexity index is 809. The molecule has 0 aromatic carbocycles. The van der Waals surface area contributed by atoms with Crippen LogP contribution in [0.4, 0.5) is 0 Å². The Balaban J connectivity index is 1.84. The second-order valence-corrected chi connectivity index (χ2v) is 6.24. The zero-order valence-corrected chi connectivity index (χ0v) is 14.1. The maximum atomic E-state index is 12.5. The molecule has 7 heteroatoms. The predicted octanol–water partition coefficient (Wildman–Crippen LogP) is 1.59. The van der Waals surface area contributed by atoms with Crippen LogP contribution in [0.3, 0.4) is 0 Å². The van der Waals surface area contributed by atoms with Crippen molar-refractivity contribution in [3.8, 4) is 5.88 Å². The van der Waals surface area contributed by atoms with Gasteiger partial charge in [0, 0.05) is 24.4 Å². The molecule has 0 spiro atoms. The molecular weight excluding hydrogens is 324 g/mol. The van der Waals surface area contributed by atoms with E-state index in [2.05, 4.69) is 10.3 Å². The van der Waals surface area contributed by atoms with E-state index in [0.717, 1.165) is 5.56 Å². The van der Waals surface area contributed by atoms with Crippen molar-refractivity contribution in [1.82, 2.24) is 10.3 Å². The van der Waals surface area contributed by atoms with Crippen molar-refractivity contribution in [2.45, 2.75) is 31.9 Å². The molecule has 2 N–H and O–H groups in total. The Morgan fingerprint density at radius 3 is 2.72 bits per heavy atom. The fourth-order valence-electron chi connectivity index (χ4n) is 3.00. The Hall–Kier alpha value is -2.67. The SMILES string of the molecule is COc1ccc([C@H](NC(=O)c2cc(=O)cc(C)o2)C2CC(O)C2)cn1. The molecule has 0 unspecified atom stereocenters. The van der Waals surface area contributed by atoms with E-state index in [1.165, 1.54) is 19.2 Å². The number of ether oxygens (including phenoxy) is 1. The summed E-state index contributed by atoms with van der Waals surface area (Å²) >= 11 is 0. The summed E-state index contributed by atoms with van der Waals surface area (Å²) in [4.78, 5) is 28.3. The van der Waals surface area contributed by atoms with Crippen molar-refractivity contribution in [3.63, 3.8) is 0 Å². The smallest absolute Gasteiger partial charge is 0.287 e. The normalized spacial score (nSPS) is 20.4. The summed E-state index contributed by atoms with van der Waals surface area (Å²) < 4.78 is 10.4. The maximum Gasteiger partial charge on any atom is 0.287 e. The van der Waals surface area contributed by atoms with Crippen molar-refractivity contribution >= 4 is 5.91 Å². The van der Waals surface area contributed by atoms with Crippen molar-refractivity contribution < 1.29 is 19.1 Å². The molecule has 1 amide bonds. The molecule has 0 saturated heterocycles. The summed E-state index contributed by atoms with van der Waals surface area (Å²) in [6, 6.07) is 5.70. The van der Waals surface area contributed by atoms with Gasteiger partial charge in [0.2, 0.25) is 5.88 Å². The van der Waals surface area contributed by atoms with E-state index in [1.54, 1.807) is 19.2 Å². The third kappa shape index (κ3) is 3.88. The highest BCUT2D eigenvalue weighted by molar-refractivity contribution is 5.91. The molecule has 7 nitrogen and oxygen atoms in total. The fourth-order valence-corrected chi connectivity index (χ4v) is 3.00. The monoisotopic (exact) mass is 344 g/mol. The minimum Gasteiger partial charge on any atom is -0.481 e. The summed E-state index contributed by atoms with van der Waals surface area (Å²) in [7, 11) is 1.53. The van der Waals surface area contributed by atoms with Gasteiger partial charge in [-0.05, 0) is 31.2 Å². The van der Waals surface area contributed by atoms with Gasteiger partial charge in [-0.1, -0.05) is 6.07 Å². The fraction of sp³-hybridized carbons (Fsp3) is 0.389. The largest absolute Gasteiger partial charge is 0.481 e. The molecule has 0 bridgehead atoms. The van der Waals surface area contributed by atoms with Crippen LogP contribution in [0.2, 0.25) is 0 Å². The van der Waals surface area contributed by atoms with Gasteiger partial charge in [0.25, 0.3) is 5.91 Å². The number of nitrogens with one attached hydrogen (secondary N) is 1. The van der Waals surface area contributed by atoms with Crippen LogP contribution in [-0.2, 0) is 0 Å². The lowest BCUT2D eigenvalue weighted by atomic mass is 9.75. The molecule has 2 aromatic rings. The second kappa shape index (κ2) is 7.06. The number of aliphatic hydroxyl groups is 1. The first kappa shape index (κ1) is 17.2. The summed E-state index contributed by atoms with van der Waals surface area (Å²) in [6.07, 6.45) is 2.47. The van der Waals surface area contributed by atoms with Gasteiger partial charge in [0.05, 0.1) is 19.3 Å². The molecule has 0 radical (unpaired) electrons. The van der Waals surface area contributed by atoms with Gasteiger partial charge in [0.1, 0.15) is 5.76 Å². The second-order valence-electron chi connectivity index (χ2n) is 6.24. The molecule has 1 aliphatic rings. The quantitative estimate of drug-likeness (QED) is 0.854. The van der Waals surface area contributed by atoms with Crippen LogP contribution in [0, 0.1) is 12.8 Å². The van der Waals surface area contributed by atoms with Crippen LogP contribution in [0.25, 0.3) is 0 Å². The third-order valence-electron chi connectivity index (χ3n) is 4.35. The number of aryl methyl sites for hydroxylation is 1. The first-order valence-electron chi connectivity index (χ1n) is 8.07. The van der Waals surface area contributed by atoms with Gasteiger partial charge in [-0.15, -0.1) is 0 Å². The molecule has 1 saturated carbocycles. The number of carbonyl (C=O) groups is 1. The summed E-state index contributed by atoms with van der Waals surface area (Å²) in [5.74, 6) is 0.441. The lowest BCUT2D eigenvalue weighted by Gasteiger charge is -2.38. The third-order valence-corrected chi connectivity index (χ3v) is 4.35. The number of pyridine rings is 1. The summed E-state index contributed by atoms with van der Waals surface area (Å²) in [5.41, 5.74) is 0.525. The zero-order chi connectivity index (χ0) is 18.0. The van der Waals surface area contributed by atoms with Gasteiger partial charge in [-0.3, -0.25) is 9.59 Å². The van der Waals surface area contributed by atoms with Crippen LogP contribution in [0.5, 0.6) is 5.88 Å². The number of hydrogen-bond acceptors (Lipinski definition) is 6. The number of aromatic nitrogens is 1. The van der Waals surface area contributed by atoms with E-state index in [1.807, 2.05) is 6.07 Å². The summed E-state index contributed by atoms with van der Waals surface area (Å²) in [5, 5.41) is 12.5. The number of hydrogen-bond donors (Lipinski definition) is 2. The topological polar surface area (TPSA) is 102 Å². The van der Waals surface area contributed by atoms with Gasteiger partial charge in [-0.25, -0.2) is 4.98 Å². The molecule has 2 aromatic heterocycles. The molecule has 2 heterocycles. The minimum atomic E-state index is -0.469. The number of methoxy groups -OCH3 is 1. The van der Waals surface area contributed by atoms with Gasteiger partial charge >= 0.3 is 0 Å². The van der Waals surface area contributed by atoms with Gasteiger partial charge in [-0.2, -0.15) is 0 Å². The molecule has 1 atom stereocenters. The standard InChI is InChI=1S/C18H20N2O5/c1-10-5-13(21)8-15(25-10)18(23)20-17(12-6-14(22)7-12)11-3-4-16(24-2)19-9-11/h3-5,8-9,12,14,17,22H,6-7H2,1-2H3,(H,20,23)/t12?,14?,17-/m0/s1. The van der Waals surface area contributed by atoms with Crippen molar-refractivity contribution in [3.05, 3.63) is 57.8 Å². The van der Waals surface area contributed by atoms with Crippen molar-refractivity contribution in [1.29, 1.82) is 0 Å². The van der Waals surface area contributed by atoms with Gasteiger partial charge in [0.15, 0.2) is 11.2 Å². The Labute approximate surface area is 144 Å². The Morgan fingerprint density at radius 1 is 1.40 bits per heavy atom. The Morgan fingerprint density at radius 2 is 2.16 bits per heavy atom. The Kier molecular flexibility index (Phi) is 4.85. The highest BCUT2D eigenvalue weighted by Crippen LogP contribution is 2.38. The summed E-state index contributed by atoms with van der Waals surface area (Å²) in [6.45, 7) is 1.62. The molecule has 0 aliphatic heterocycles. The van der Waals surface area contributed by atoms with E-state index in [-0.39, 0.29) is 29.3 Å². The molecule has 3 rings (SSSR count). The van der Waals surface area contributed by atoms with Crippen LogP contribution in [-0.4, -0.2) is 29.2 Å². The molecular formula is C18H20N2O5. The maximum absolute atomic E-state index is 12.5. The lowest BCUT2D eigenvalue weighted by Crippen LogP contribution is -2.41. The minimum absolute atomic E-state index is 0.0312. The average molecular weight is 344 g/mol. The highest BCUT2D eigenvalue weighted by Gasteiger charge is 2.36. The van der Waals surface area contributed by atoms with E-state index in [9.17, 15) is 14.7 Å². The van der Waals surface area contributed by atoms with E-state index in [4.69, 9.17) is 9.15 Å². The zero-order valence-electron chi connectivity index (χ0n) is 14.1. The van der Waals surface area contributed by atoms with Crippen LogP contribution in [0.15, 0.2) is 39.7 Å². The number of carbonyl (C=O) groups excluding carboxylic acids is 1. The first-order chi connectivity index (χ1) is 12.0. The van der Waals surface area contributed by atoms with Crippen LogP contribution < -0.4 is 15.5 Å². The van der Waals surface area contributed by atoms with Crippen LogP contribution in [0.1, 0.15) is 40.8 Å². The lowest BCUT2D eigenvalue weighted by molar-refractivity contribution is 0.0231. The number of aliphatic hydroxyl groups excluding tert-OH is 1. The number of rotatable bonds is 5. The van der Waals surface area contributed by atoms with Crippen molar-refractivity contribution in [2.24, 2.45) is 5.92 Å². The predicted molar refractivity (Wildman–Crippen MR) is 89.4 cm³/mol. The van der Waals surface area contributed by atoms with Crippen LogP contribution >= 0.6 is 0 Å².